The molecule has 4 aromatic rings. The molecule has 34 heavy (non-hydrogen) atoms. The van der Waals surface area contributed by atoms with Crippen LogP contribution in [0.25, 0.3) is 22.3 Å². The minimum absolute atomic E-state index is 0.0486. The first-order valence-electron chi connectivity index (χ1n) is 10.9. The number of carbonyl (C=O) groups excluding carboxylic acids is 1. The molecule has 0 fully saturated rings. The largest absolute Gasteiger partial charge is 0.508 e. The van der Waals surface area contributed by atoms with Gasteiger partial charge in [-0.25, -0.2) is 0 Å². The fourth-order valence-electron chi connectivity index (χ4n) is 4.02. The smallest absolute Gasteiger partial charge is 0.141 e. The zero-order valence-corrected chi connectivity index (χ0v) is 19.1. The highest BCUT2D eigenvalue weighted by atomic mass is 16.5. The van der Waals surface area contributed by atoms with Gasteiger partial charge in [-0.15, -0.1) is 0 Å². The third-order valence-electron chi connectivity index (χ3n) is 5.78. The summed E-state index contributed by atoms with van der Waals surface area (Å²) in [6.07, 6.45) is 0.122. The molecule has 0 bridgehead atoms. The molecule has 0 saturated heterocycles. The molecule has 0 aliphatic heterocycles. The van der Waals surface area contributed by atoms with Crippen LogP contribution in [0.1, 0.15) is 11.1 Å². The van der Waals surface area contributed by atoms with Crippen LogP contribution in [0.4, 0.5) is 0 Å². The Morgan fingerprint density at radius 3 is 1.44 bits per heavy atom. The predicted octanol–water partition coefficient (Wildman–Crippen LogP) is 5.80. The van der Waals surface area contributed by atoms with Crippen molar-refractivity contribution in [2.45, 2.75) is 12.8 Å². The van der Waals surface area contributed by atoms with Crippen LogP contribution in [0.15, 0.2) is 84.9 Å². The average molecular weight is 455 g/mol. The molecule has 0 saturated carbocycles. The van der Waals surface area contributed by atoms with Gasteiger partial charge in [-0.1, -0.05) is 60.7 Å². The molecule has 172 valence electrons. The van der Waals surface area contributed by atoms with Gasteiger partial charge < -0.3 is 19.7 Å². The Kier molecular flexibility index (Phi) is 6.83. The van der Waals surface area contributed by atoms with Crippen LogP contribution < -0.4 is 9.47 Å². The van der Waals surface area contributed by atoms with Crippen molar-refractivity contribution in [3.05, 3.63) is 96.1 Å². The second kappa shape index (κ2) is 10.1. The van der Waals surface area contributed by atoms with E-state index in [2.05, 4.69) is 0 Å². The van der Waals surface area contributed by atoms with E-state index in [1.807, 2.05) is 60.7 Å². The SMILES string of the molecule is COc1ccccc1-c1ccc(CC(=O)Cc2ccc(-c3ccccc3OC)cc2O)c(O)c1. The minimum atomic E-state index is -0.110. The van der Waals surface area contributed by atoms with Crippen molar-refractivity contribution in [1.82, 2.24) is 0 Å². The van der Waals surface area contributed by atoms with Crippen molar-refractivity contribution >= 4 is 5.78 Å². The lowest BCUT2D eigenvalue weighted by Gasteiger charge is -2.12. The van der Waals surface area contributed by atoms with E-state index in [0.717, 1.165) is 22.3 Å². The van der Waals surface area contributed by atoms with E-state index in [-0.39, 0.29) is 30.1 Å². The highest BCUT2D eigenvalue weighted by molar-refractivity contribution is 5.85. The van der Waals surface area contributed by atoms with Gasteiger partial charge >= 0.3 is 0 Å². The summed E-state index contributed by atoms with van der Waals surface area (Å²) < 4.78 is 10.8. The van der Waals surface area contributed by atoms with Crippen molar-refractivity contribution in [3.8, 4) is 45.3 Å². The van der Waals surface area contributed by atoms with Crippen LogP contribution >= 0.6 is 0 Å². The molecule has 0 amide bonds. The standard InChI is InChI=1S/C29H26O5/c1-33-28-9-5-3-7-24(28)19-11-13-21(26(31)17-19)15-23(30)16-22-14-12-20(18-27(22)32)25-8-4-6-10-29(25)34-2/h3-14,17-18,31-32H,15-16H2,1-2H3. The van der Waals surface area contributed by atoms with Crippen molar-refractivity contribution in [2.75, 3.05) is 14.2 Å². The van der Waals surface area contributed by atoms with Crippen LogP contribution in [0, 0.1) is 0 Å². The number of ether oxygens (including phenoxy) is 2. The summed E-state index contributed by atoms with van der Waals surface area (Å²) in [6.45, 7) is 0. The van der Waals surface area contributed by atoms with Gasteiger partial charge in [0, 0.05) is 35.1 Å². The Labute approximate surface area is 198 Å². The van der Waals surface area contributed by atoms with Gasteiger partial charge in [0.15, 0.2) is 0 Å². The van der Waals surface area contributed by atoms with Gasteiger partial charge in [0.05, 0.1) is 14.2 Å². The Morgan fingerprint density at radius 1 is 0.647 bits per heavy atom. The van der Waals surface area contributed by atoms with Crippen molar-refractivity contribution in [2.24, 2.45) is 0 Å². The number of benzene rings is 4. The van der Waals surface area contributed by atoms with Crippen molar-refractivity contribution in [3.63, 3.8) is 0 Å². The first kappa shape index (κ1) is 22.9. The third-order valence-corrected chi connectivity index (χ3v) is 5.78. The fourth-order valence-corrected chi connectivity index (χ4v) is 4.02. The molecular weight excluding hydrogens is 428 g/mol. The molecule has 0 heterocycles. The lowest BCUT2D eigenvalue weighted by molar-refractivity contribution is -0.117. The van der Waals surface area contributed by atoms with E-state index >= 15 is 0 Å². The van der Waals surface area contributed by atoms with E-state index in [0.29, 0.717) is 22.6 Å². The predicted molar refractivity (Wildman–Crippen MR) is 133 cm³/mol. The van der Waals surface area contributed by atoms with E-state index in [1.54, 1.807) is 38.5 Å². The number of methoxy groups -OCH3 is 2. The highest BCUT2D eigenvalue weighted by Crippen LogP contribution is 2.34. The molecule has 0 aromatic heterocycles. The normalized spacial score (nSPS) is 10.6. The van der Waals surface area contributed by atoms with Gasteiger partial charge in [-0.3, -0.25) is 4.79 Å². The Bertz CT molecular complexity index is 1220. The van der Waals surface area contributed by atoms with Crippen LogP contribution in [-0.4, -0.2) is 30.2 Å². The molecule has 5 heteroatoms. The second-order valence-corrected chi connectivity index (χ2v) is 7.98. The van der Waals surface area contributed by atoms with Crippen LogP contribution in [0.5, 0.6) is 23.0 Å². The number of Topliss-reactive ketones (excluding diaryl/α,β-unsaturated/α-hetero) is 1. The van der Waals surface area contributed by atoms with E-state index in [9.17, 15) is 15.0 Å². The van der Waals surface area contributed by atoms with Crippen LogP contribution in [-0.2, 0) is 17.6 Å². The maximum absolute atomic E-state index is 12.7. The maximum Gasteiger partial charge on any atom is 0.141 e. The van der Waals surface area contributed by atoms with E-state index in [4.69, 9.17) is 9.47 Å². The van der Waals surface area contributed by atoms with Gasteiger partial charge in [0.1, 0.15) is 28.8 Å². The number of phenols is 2. The topological polar surface area (TPSA) is 76.0 Å². The number of hydrogen-bond donors (Lipinski definition) is 2. The molecule has 4 aromatic carbocycles. The van der Waals surface area contributed by atoms with Gasteiger partial charge in [0.2, 0.25) is 0 Å². The summed E-state index contributed by atoms with van der Waals surface area (Å²) >= 11 is 0. The zero-order chi connectivity index (χ0) is 24.1. The zero-order valence-electron chi connectivity index (χ0n) is 19.1. The number of hydrogen-bond acceptors (Lipinski definition) is 5. The van der Waals surface area contributed by atoms with E-state index in [1.165, 1.54) is 0 Å². The molecule has 4 rings (SSSR count). The van der Waals surface area contributed by atoms with Crippen LogP contribution in [0.3, 0.4) is 0 Å². The molecule has 0 unspecified atom stereocenters. The number of phenolic OH excluding ortho intramolecular Hbond substituents is 2. The summed E-state index contributed by atoms with van der Waals surface area (Å²) in [6, 6.07) is 25.6. The number of aromatic hydroxyl groups is 2. The number of para-hydroxylation sites is 2. The molecule has 0 atom stereocenters. The maximum atomic E-state index is 12.7. The quantitative estimate of drug-likeness (QED) is 0.352. The van der Waals surface area contributed by atoms with Crippen molar-refractivity contribution in [1.29, 1.82) is 0 Å². The molecular formula is C29H26O5. The number of carbonyl (C=O) groups is 1. The molecule has 0 spiro atoms. The summed E-state index contributed by atoms with van der Waals surface area (Å²) in [5.41, 5.74) is 4.39. The lowest BCUT2D eigenvalue weighted by Crippen LogP contribution is -2.07. The lowest BCUT2D eigenvalue weighted by atomic mass is 9.96. The summed E-state index contributed by atoms with van der Waals surface area (Å²) in [5.74, 6) is 1.40. The first-order valence-corrected chi connectivity index (χ1v) is 10.9. The number of rotatable bonds is 8. The fraction of sp³-hybridized carbons (Fsp3) is 0.138. The van der Waals surface area contributed by atoms with Gasteiger partial charge in [0.25, 0.3) is 0 Å². The van der Waals surface area contributed by atoms with Crippen LogP contribution in [0.2, 0.25) is 0 Å². The van der Waals surface area contributed by atoms with Crippen molar-refractivity contribution < 1.29 is 24.5 Å². The summed E-state index contributed by atoms with van der Waals surface area (Å²) in [4.78, 5) is 12.7. The third kappa shape index (κ3) is 4.89. The second-order valence-electron chi connectivity index (χ2n) is 7.98. The monoisotopic (exact) mass is 454 g/mol. The minimum Gasteiger partial charge on any atom is -0.508 e. The number of ketones is 1. The molecule has 0 aliphatic rings. The Morgan fingerprint density at radius 2 is 1.06 bits per heavy atom. The molecule has 0 aliphatic carbocycles. The summed E-state index contributed by atoms with van der Waals surface area (Å²) in [7, 11) is 3.20. The Balaban J connectivity index is 1.49. The molecule has 5 nitrogen and oxygen atoms in total. The highest BCUT2D eigenvalue weighted by Gasteiger charge is 2.15. The Hall–Kier alpha value is -4.25. The molecule has 0 radical (unpaired) electrons. The summed E-state index contributed by atoms with van der Waals surface area (Å²) in [5, 5.41) is 21.1. The van der Waals surface area contributed by atoms with Gasteiger partial charge in [-0.05, 0) is 35.4 Å². The average Bonchev–Trinajstić information content (AvgIpc) is 2.86. The van der Waals surface area contributed by atoms with Gasteiger partial charge in [-0.2, -0.15) is 0 Å². The first-order chi connectivity index (χ1) is 16.5. The van der Waals surface area contributed by atoms with E-state index < -0.39 is 0 Å². The molecule has 2 N–H and O–H groups in total.